The molecule has 2 fully saturated rings. The van der Waals surface area contributed by atoms with E-state index >= 15 is 0 Å². The lowest BCUT2D eigenvalue weighted by Gasteiger charge is -2.33. The summed E-state index contributed by atoms with van der Waals surface area (Å²) in [6.07, 6.45) is 2.39. The minimum atomic E-state index is -0.253. The molecule has 2 aliphatic heterocycles. The number of hydrogen-bond acceptors (Lipinski definition) is 3. The number of aliphatic imine (C=N–C) groups is 1. The second-order valence-electron chi connectivity index (χ2n) is 7.77. The van der Waals surface area contributed by atoms with Gasteiger partial charge in [-0.2, -0.15) is 0 Å². The monoisotopic (exact) mass is 514 g/mol. The molecule has 1 aromatic rings. The highest BCUT2D eigenvalue weighted by atomic mass is 127. The smallest absolute Gasteiger partial charge is 0.232 e. The van der Waals surface area contributed by atoms with Gasteiger partial charge in [0.1, 0.15) is 0 Å². The van der Waals surface area contributed by atoms with Gasteiger partial charge in [0.25, 0.3) is 0 Å². The van der Waals surface area contributed by atoms with Crippen LogP contribution in [0.4, 0.5) is 0 Å². The summed E-state index contributed by atoms with van der Waals surface area (Å²) in [5, 5.41) is 3.42. The van der Waals surface area contributed by atoms with Crippen LogP contribution in [0.5, 0.6) is 0 Å². The number of carbonyl (C=O) groups excluding carboxylic acids is 1. The van der Waals surface area contributed by atoms with Crippen LogP contribution in [0, 0.1) is 5.92 Å². The van der Waals surface area contributed by atoms with Crippen LogP contribution in [0.1, 0.15) is 38.2 Å². The lowest BCUT2D eigenvalue weighted by atomic mass is 9.97. The third kappa shape index (κ3) is 6.84. The average Bonchev–Trinajstić information content (AvgIpc) is 2.75. The number of rotatable bonds is 5. The molecule has 162 valence electrons. The molecule has 2 aliphatic rings. The van der Waals surface area contributed by atoms with Crippen molar-refractivity contribution in [3.63, 3.8) is 0 Å². The van der Waals surface area contributed by atoms with E-state index < -0.39 is 0 Å². The van der Waals surface area contributed by atoms with Crippen molar-refractivity contribution in [2.24, 2.45) is 10.9 Å². The Kier molecular flexibility index (Phi) is 10.2. The molecular formula is C22H35IN4O2. The zero-order chi connectivity index (χ0) is 19.8. The Morgan fingerprint density at radius 3 is 2.41 bits per heavy atom. The first-order valence-electron chi connectivity index (χ1n) is 10.6. The maximum absolute atomic E-state index is 13.3. The van der Waals surface area contributed by atoms with Crippen molar-refractivity contribution in [1.29, 1.82) is 0 Å². The molecule has 6 nitrogen and oxygen atoms in total. The number of piperidine rings is 1. The van der Waals surface area contributed by atoms with Crippen LogP contribution in [0.15, 0.2) is 35.3 Å². The maximum Gasteiger partial charge on any atom is 0.232 e. The summed E-state index contributed by atoms with van der Waals surface area (Å²) >= 11 is 0. The number of nitrogens with zero attached hydrogens (tertiary/aromatic N) is 3. The zero-order valence-corrected chi connectivity index (χ0v) is 20.0. The van der Waals surface area contributed by atoms with E-state index in [9.17, 15) is 4.79 Å². The number of hydrogen-bond donors (Lipinski definition) is 1. The molecule has 1 amide bonds. The van der Waals surface area contributed by atoms with Crippen LogP contribution < -0.4 is 5.32 Å². The number of ether oxygens (including phenoxy) is 1. The number of guanidine groups is 1. The van der Waals surface area contributed by atoms with E-state index in [0.29, 0.717) is 32.8 Å². The van der Waals surface area contributed by atoms with Crippen molar-refractivity contribution in [3.05, 3.63) is 35.9 Å². The van der Waals surface area contributed by atoms with E-state index in [0.717, 1.165) is 37.1 Å². The number of amides is 1. The summed E-state index contributed by atoms with van der Waals surface area (Å²) in [6, 6.07) is 10.1. The van der Waals surface area contributed by atoms with Crippen molar-refractivity contribution in [2.75, 3.05) is 52.5 Å². The van der Waals surface area contributed by atoms with Gasteiger partial charge in [-0.05, 0) is 31.2 Å². The van der Waals surface area contributed by atoms with Crippen molar-refractivity contribution < 1.29 is 9.53 Å². The third-order valence-corrected chi connectivity index (χ3v) is 5.66. The third-order valence-electron chi connectivity index (χ3n) is 5.66. The van der Waals surface area contributed by atoms with E-state index in [1.165, 1.54) is 12.8 Å². The predicted molar refractivity (Wildman–Crippen MR) is 128 cm³/mol. The minimum absolute atomic E-state index is 0. The molecule has 0 bridgehead atoms. The fourth-order valence-corrected chi connectivity index (χ4v) is 3.84. The molecule has 29 heavy (non-hydrogen) atoms. The molecule has 0 radical (unpaired) electrons. The first-order chi connectivity index (χ1) is 13.7. The Morgan fingerprint density at radius 1 is 1.14 bits per heavy atom. The summed E-state index contributed by atoms with van der Waals surface area (Å²) in [5.41, 5.74) is 1.03. The standard InChI is InChI=1S/C22H34N4O2.HI/c1-3-23-22(26-11-9-18(2)10-12-26)24-17-20(19-7-5-4-6-8-19)21(27)25-13-15-28-16-14-25;/h4-8,18,20H,3,9-17H2,1-2H3,(H,23,24);1H. The molecule has 2 heterocycles. The normalized spacial score (nSPS) is 19.4. The number of morpholine rings is 1. The van der Waals surface area contributed by atoms with Gasteiger partial charge in [-0.15, -0.1) is 24.0 Å². The van der Waals surface area contributed by atoms with Crippen LogP contribution in [-0.4, -0.2) is 74.1 Å². The molecule has 1 N–H and O–H groups in total. The molecule has 0 saturated carbocycles. The maximum atomic E-state index is 13.3. The van der Waals surface area contributed by atoms with E-state index in [2.05, 4.69) is 24.1 Å². The van der Waals surface area contributed by atoms with Gasteiger partial charge in [-0.25, -0.2) is 0 Å². The summed E-state index contributed by atoms with van der Waals surface area (Å²) in [6.45, 7) is 10.3. The summed E-state index contributed by atoms with van der Waals surface area (Å²) in [5.74, 6) is 1.61. The van der Waals surface area contributed by atoms with Crippen molar-refractivity contribution in [3.8, 4) is 0 Å². The Bertz CT molecular complexity index is 641. The lowest BCUT2D eigenvalue weighted by Crippen LogP contribution is -2.46. The molecule has 3 rings (SSSR count). The molecule has 0 spiro atoms. The van der Waals surface area contributed by atoms with E-state index in [1.807, 2.05) is 35.2 Å². The number of halogens is 1. The molecule has 0 aromatic heterocycles. The Balaban J connectivity index is 0.00000300. The van der Waals surface area contributed by atoms with Crippen molar-refractivity contribution >= 4 is 35.8 Å². The fourth-order valence-electron chi connectivity index (χ4n) is 3.84. The van der Waals surface area contributed by atoms with Gasteiger partial charge in [0.05, 0.1) is 25.7 Å². The summed E-state index contributed by atoms with van der Waals surface area (Å²) < 4.78 is 5.42. The molecule has 0 aliphatic carbocycles. The van der Waals surface area contributed by atoms with Gasteiger partial charge in [0, 0.05) is 32.7 Å². The highest BCUT2D eigenvalue weighted by Gasteiger charge is 2.27. The second kappa shape index (κ2) is 12.4. The van der Waals surface area contributed by atoms with Gasteiger partial charge >= 0.3 is 0 Å². The Hall–Kier alpha value is -1.35. The van der Waals surface area contributed by atoms with Crippen LogP contribution in [0.3, 0.4) is 0 Å². The van der Waals surface area contributed by atoms with E-state index in [-0.39, 0.29) is 35.8 Å². The average molecular weight is 514 g/mol. The van der Waals surface area contributed by atoms with Gasteiger partial charge in [-0.3, -0.25) is 9.79 Å². The van der Waals surface area contributed by atoms with Crippen LogP contribution >= 0.6 is 24.0 Å². The second-order valence-corrected chi connectivity index (χ2v) is 7.77. The topological polar surface area (TPSA) is 57.2 Å². The van der Waals surface area contributed by atoms with E-state index in [4.69, 9.17) is 9.73 Å². The molecule has 7 heteroatoms. The first-order valence-corrected chi connectivity index (χ1v) is 10.6. The minimum Gasteiger partial charge on any atom is -0.378 e. The number of benzene rings is 1. The largest absolute Gasteiger partial charge is 0.378 e. The molecular weight excluding hydrogens is 479 g/mol. The summed E-state index contributed by atoms with van der Waals surface area (Å²) in [4.78, 5) is 22.4. The SMILES string of the molecule is CCNC(=NCC(C(=O)N1CCOCC1)c1ccccc1)N1CCC(C)CC1.I. The predicted octanol–water partition coefficient (Wildman–Crippen LogP) is 2.94. The van der Waals surface area contributed by atoms with Crippen LogP contribution in [-0.2, 0) is 9.53 Å². The summed E-state index contributed by atoms with van der Waals surface area (Å²) in [7, 11) is 0. The molecule has 1 aromatic carbocycles. The van der Waals surface area contributed by atoms with Gasteiger partial charge < -0.3 is 19.9 Å². The first kappa shape index (κ1) is 23.9. The number of likely N-dealkylation sites (tertiary alicyclic amines) is 1. The van der Waals surface area contributed by atoms with Crippen LogP contribution in [0.25, 0.3) is 0 Å². The zero-order valence-electron chi connectivity index (χ0n) is 17.7. The molecule has 1 unspecified atom stereocenters. The highest BCUT2D eigenvalue weighted by molar-refractivity contribution is 14.0. The van der Waals surface area contributed by atoms with Crippen LogP contribution in [0.2, 0.25) is 0 Å². The molecule has 1 atom stereocenters. The lowest BCUT2D eigenvalue weighted by molar-refractivity contribution is -0.136. The highest BCUT2D eigenvalue weighted by Crippen LogP contribution is 2.21. The van der Waals surface area contributed by atoms with E-state index in [1.54, 1.807) is 0 Å². The quantitative estimate of drug-likeness (QED) is 0.373. The number of carbonyl (C=O) groups is 1. The van der Waals surface area contributed by atoms with Gasteiger partial charge in [-0.1, -0.05) is 37.3 Å². The number of nitrogens with one attached hydrogen (secondary N) is 1. The van der Waals surface area contributed by atoms with Crippen molar-refractivity contribution in [2.45, 2.75) is 32.6 Å². The van der Waals surface area contributed by atoms with Crippen molar-refractivity contribution in [1.82, 2.24) is 15.1 Å². The fraction of sp³-hybridized carbons (Fsp3) is 0.636. The molecule has 2 saturated heterocycles. The van der Waals surface area contributed by atoms with Gasteiger partial charge in [0.15, 0.2) is 5.96 Å². The Labute approximate surface area is 192 Å². The van der Waals surface area contributed by atoms with Gasteiger partial charge in [0.2, 0.25) is 5.91 Å². The Morgan fingerprint density at radius 2 is 1.79 bits per heavy atom.